The van der Waals surface area contributed by atoms with Gasteiger partial charge in [-0.1, -0.05) is 12.2 Å². The highest BCUT2D eigenvalue weighted by molar-refractivity contribution is 7.92. The third-order valence-electron chi connectivity index (χ3n) is 1.81. The first-order valence-electron chi connectivity index (χ1n) is 4.49. The molecule has 90 valence electrons. The Labute approximate surface area is 99.1 Å². The predicted octanol–water partition coefficient (Wildman–Crippen LogP) is -1.44. The lowest BCUT2D eigenvalue weighted by atomic mass is 10.4. The highest BCUT2D eigenvalue weighted by atomic mass is 32.2. The second-order valence-corrected chi connectivity index (χ2v) is 5.56. The molecule has 0 saturated heterocycles. The molecule has 3 N–H and O–H groups in total. The first kappa shape index (κ1) is 13.0. The molecule has 0 atom stereocenters. The third kappa shape index (κ3) is 4.21. The van der Waals surface area contributed by atoms with E-state index in [9.17, 15) is 8.42 Å². The van der Waals surface area contributed by atoms with Gasteiger partial charge in [-0.2, -0.15) is 0 Å². The zero-order valence-electron chi connectivity index (χ0n) is 8.75. The van der Waals surface area contributed by atoms with Gasteiger partial charge in [0.15, 0.2) is 0 Å². The molecule has 16 heavy (non-hydrogen) atoms. The largest absolute Gasteiger partial charge is 0.392 e. The van der Waals surface area contributed by atoms with E-state index < -0.39 is 10.0 Å². The molecule has 1 aromatic rings. The molecular formula is C7H13N5O2S2. The van der Waals surface area contributed by atoms with E-state index in [4.69, 9.17) is 5.73 Å². The normalized spacial score (nSPS) is 11.6. The van der Waals surface area contributed by atoms with E-state index in [0.29, 0.717) is 12.2 Å². The number of nitrogens with two attached hydrogens (primary N) is 1. The van der Waals surface area contributed by atoms with Crippen LogP contribution in [0, 0.1) is 0 Å². The fourth-order valence-electron chi connectivity index (χ4n) is 1.09. The minimum atomic E-state index is -3.42. The van der Waals surface area contributed by atoms with Gasteiger partial charge in [-0.05, 0) is 0 Å². The van der Waals surface area contributed by atoms with Crippen molar-refractivity contribution in [3.05, 3.63) is 12.2 Å². The van der Waals surface area contributed by atoms with Crippen LogP contribution >= 0.6 is 12.2 Å². The lowest BCUT2D eigenvalue weighted by molar-refractivity contribution is 0.584. The van der Waals surface area contributed by atoms with Gasteiger partial charge in [0.1, 0.15) is 17.9 Å². The molecule has 9 heteroatoms. The van der Waals surface area contributed by atoms with E-state index in [1.807, 2.05) is 0 Å². The molecule has 0 unspecified atom stereocenters. The minimum absolute atomic E-state index is 0.0499. The SMILES string of the molecule is Cn1cnnc1CCNS(=O)(=O)CC(N)=S. The van der Waals surface area contributed by atoms with E-state index >= 15 is 0 Å². The van der Waals surface area contributed by atoms with Crippen LogP contribution in [0.4, 0.5) is 0 Å². The summed E-state index contributed by atoms with van der Waals surface area (Å²) in [5, 5.41) is 7.50. The van der Waals surface area contributed by atoms with Crippen molar-refractivity contribution in [2.45, 2.75) is 6.42 Å². The Bertz CT molecular complexity index is 467. The quantitative estimate of drug-likeness (QED) is 0.610. The first-order valence-corrected chi connectivity index (χ1v) is 6.55. The highest BCUT2D eigenvalue weighted by Gasteiger charge is 2.11. The summed E-state index contributed by atoms with van der Waals surface area (Å²) in [6, 6.07) is 0. The molecule has 0 spiro atoms. The molecule has 0 aliphatic carbocycles. The van der Waals surface area contributed by atoms with Gasteiger partial charge >= 0.3 is 0 Å². The van der Waals surface area contributed by atoms with Crippen molar-refractivity contribution >= 4 is 27.2 Å². The Kier molecular flexibility index (Phi) is 4.33. The van der Waals surface area contributed by atoms with E-state index in [-0.39, 0.29) is 17.3 Å². The molecule has 0 amide bonds. The summed E-state index contributed by atoms with van der Waals surface area (Å²) in [6.45, 7) is 0.248. The second kappa shape index (κ2) is 5.32. The lowest BCUT2D eigenvalue weighted by Gasteiger charge is -2.05. The lowest BCUT2D eigenvalue weighted by Crippen LogP contribution is -2.33. The van der Waals surface area contributed by atoms with Gasteiger partial charge in [0.25, 0.3) is 0 Å². The Morgan fingerprint density at radius 1 is 1.69 bits per heavy atom. The Morgan fingerprint density at radius 3 is 2.88 bits per heavy atom. The standard InChI is InChI=1S/C7H13N5O2S2/c1-12-5-9-11-7(12)2-3-10-16(13,14)4-6(8)15/h5,10H,2-4H2,1H3,(H2,8,15). The average Bonchev–Trinajstić information content (AvgIpc) is 2.49. The van der Waals surface area contributed by atoms with Gasteiger partial charge in [-0.15, -0.1) is 10.2 Å². The number of hydrogen-bond donors (Lipinski definition) is 2. The van der Waals surface area contributed by atoms with Crippen LogP contribution in [0.1, 0.15) is 5.82 Å². The van der Waals surface area contributed by atoms with E-state index in [1.165, 1.54) is 0 Å². The molecule has 0 aliphatic heterocycles. The minimum Gasteiger partial charge on any atom is -0.392 e. The number of thiocarbonyl (C=S) groups is 1. The summed E-state index contributed by atoms with van der Waals surface area (Å²) in [5.41, 5.74) is 5.15. The van der Waals surface area contributed by atoms with Crippen LogP contribution < -0.4 is 10.5 Å². The maximum Gasteiger partial charge on any atom is 0.218 e. The smallest absolute Gasteiger partial charge is 0.218 e. The average molecular weight is 263 g/mol. The van der Waals surface area contributed by atoms with Crippen LogP contribution in [-0.4, -0.2) is 40.5 Å². The molecule has 0 bridgehead atoms. The van der Waals surface area contributed by atoms with Crippen molar-refractivity contribution in [2.75, 3.05) is 12.3 Å². The number of nitrogens with one attached hydrogen (secondary N) is 1. The summed E-state index contributed by atoms with van der Waals surface area (Å²) < 4.78 is 26.8. The van der Waals surface area contributed by atoms with Gasteiger partial charge < -0.3 is 10.3 Å². The summed E-state index contributed by atoms with van der Waals surface area (Å²) in [6.07, 6.45) is 2.02. The molecular weight excluding hydrogens is 250 g/mol. The molecule has 0 aliphatic rings. The van der Waals surface area contributed by atoms with E-state index in [1.54, 1.807) is 17.9 Å². The Hall–Kier alpha value is -1.06. The van der Waals surface area contributed by atoms with Gasteiger partial charge in [0, 0.05) is 20.0 Å². The second-order valence-electron chi connectivity index (χ2n) is 3.23. The molecule has 0 fully saturated rings. The molecule has 0 radical (unpaired) electrons. The summed E-state index contributed by atoms with van der Waals surface area (Å²) in [5.74, 6) is 0.374. The van der Waals surface area contributed by atoms with Crippen molar-refractivity contribution in [1.29, 1.82) is 0 Å². The number of aryl methyl sites for hydroxylation is 1. The topological polar surface area (TPSA) is 103 Å². The zero-order chi connectivity index (χ0) is 12.2. The molecule has 1 heterocycles. The highest BCUT2D eigenvalue weighted by Crippen LogP contribution is 1.92. The third-order valence-corrected chi connectivity index (χ3v) is 3.47. The number of nitrogens with zero attached hydrogens (tertiary/aromatic N) is 3. The van der Waals surface area contributed by atoms with Crippen LogP contribution in [0.3, 0.4) is 0 Å². The summed E-state index contributed by atoms with van der Waals surface area (Å²) in [7, 11) is -1.63. The van der Waals surface area contributed by atoms with Crippen molar-refractivity contribution in [2.24, 2.45) is 12.8 Å². The van der Waals surface area contributed by atoms with Crippen LogP contribution in [0.2, 0.25) is 0 Å². The van der Waals surface area contributed by atoms with E-state index in [0.717, 1.165) is 0 Å². The number of hydrogen-bond acceptors (Lipinski definition) is 5. The fraction of sp³-hybridized carbons (Fsp3) is 0.571. The Morgan fingerprint density at radius 2 is 2.38 bits per heavy atom. The number of sulfonamides is 1. The zero-order valence-corrected chi connectivity index (χ0v) is 10.4. The maximum atomic E-state index is 11.3. The molecule has 7 nitrogen and oxygen atoms in total. The van der Waals surface area contributed by atoms with Crippen LogP contribution in [0.5, 0.6) is 0 Å². The predicted molar refractivity (Wildman–Crippen MR) is 63.3 cm³/mol. The maximum absolute atomic E-state index is 11.3. The molecule has 1 aromatic heterocycles. The summed E-state index contributed by atoms with van der Waals surface area (Å²) in [4.78, 5) is -0.0499. The van der Waals surface area contributed by atoms with Gasteiger partial charge in [0.05, 0.1) is 4.99 Å². The molecule has 1 rings (SSSR count). The first-order chi connectivity index (χ1) is 7.41. The number of rotatable bonds is 6. The van der Waals surface area contributed by atoms with Gasteiger partial charge in [0.2, 0.25) is 10.0 Å². The summed E-state index contributed by atoms with van der Waals surface area (Å²) >= 11 is 4.53. The monoisotopic (exact) mass is 263 g/mol. The Balaban J connectivity index is 2.42. The van der Waals surface area contributed by atoms with Crippen molar-refractivity contribution in [3.63, 3.8) is 0 Å². The molecule has 0 saturated carbocycles. The number of aromatic nitrogens is 3. The van der Waals surface area contributed by atoms with Gasteiger partial charge in [-0.25, -0.2) is 13.1 Å². The molecule has 0 aromatic carbocycles. The van der Waals surface area contributed by atoms with Crippen LogP contribution in [0.25, 0.3) is 0 Å². The van der Waals surface area contributed by atoms with Crippen LogP contribution in [0.15, 0.2) is 6.33 Å². The van der Waals surface area contributed by atoms with Crippen LogP contribution in [-0.2, 0) is 23.5 Å². The van der Waals surface area contributed by atoms with Crippen molar-refractivity contribution < 1.29 is 8.42 Å². The fourth-order valence-corrected chi connectivity index (χ4v) is 2.45. The van der Waals surface area contributed by atoms with Crippen molar-refractivity contribution in [3.8, 4) is 0 Å². The van der Waals surface area contributed by atoms with Crippen molar-refractivity contribution in [1.82, 2.24) is 19.5 Å². The van der Waals surface area contributed by atoms with E-state index in [2.05, 4.69) is 27.1 Å². The van der Waals surface area contributed by atoms with Gasteiger partial charge in [-0.3, -0.25) is 0 Å².